The molecule has 1 unspecified atom stereocenters. The molecule has 1 fully saturated rings. The molecule has 2 aromatic rings. The van der Waals surface area contributed by atoms with Crippen LogP contribution in [0.15, 0.2) is 36.4 Å². The SMILES string of the molecule is Cc1ccc(NC(=O)NCc2ccc3c(c2)CN(C2CCC(=O)NC2=O)C3=O)cc1O[Si](C)(C)C(C)(C)C. The van der Waals surface area contributed by atoms with Gasteiger partial charge in [-0.2, -0.15) is 0 Å². The molecule has 2 aliphatic rings. The Hall–Kier alpha value is -3.66. The number of hydrogen-bond donors (Lipinski definition) is 3. The van der Waals surface area contributed by atoms with Gasteiger partial charge in [0, 0.05) is 36.8 Å². The van der Waals surface area contributed by atoms with Crippen LogP contribution in [0.5, 0.6) is 5.75 Å². The minimum Gasteiger partial charge on any atom is -0.543 e. The van der Waals surface area contributed by atoms with E-state index in [1.807, 2.05) is 31.2 Å². The molecule has 2 heterocycles. The first-order chi connectivity index (χ1) is 17.7. The molecule has 0 bridgehead atoms. The monoisotopic (exact) mass is 536 g/mol. The molecule has 0 aromatic heterocycles. The average Bonchev–Trinajstić information content (AvgIpc) is 3.14. The van der Waals surface area contributed by atoms with Gasteiger partial charge < -0.3 is 20.0 Å². The van der Waals surface area contributed by atoms with Crippen molar-refractivity contribution in [2.45, 2.75) is 77.8 Å². The number of urea groups is 1. The summed E-state index contributed by atoms with van der Waals surface area (Å²) in [5, 5.41) is 8.10. The molecule has 1 atom stereocenters. The maximum absolute atomic E-state index is 12.9. The van der Waals surface area contributed by atoms with Crippen molar-refractivity contribution in [2.24, 2.45) is 0 Å². The number of nitrogens with zero attached hydrogens (tertiary/aromatic N) is 1. The number of piperidine rings is 1. The molecule has 202 valence electrons. The van der Waals surface area contributed by atoms with Crippen LogP contribution in [0.25, 0.3) is 0 Å². The van der Waals surface area contributed by atoms with Crippen LogP contribution in [0.4, 0.5) is 10.5 Å². The molecule has 1 saturated heterocycles. The molecule has 9 nitrogen and oxygen atoms in total. The lowest BCUT2D eigenvalue weighted by Gasteiger charge is -2.37. The van der Waals surface area contributed by atoms with Crippen molar-refractivity contribution in [3.05, 3.63) is 58.7 Å². The summed E-state index contributed by atoms with van der Waals surface area (Å²) in [5.74, 6) is -0.193. The predicted octanol–water partition coefficient (Wildman–Crippen LogP) is 4.46. The molecule has 10 heteroatoms. The summed E-state index contributed by atoms with van der Waals surface area (Å²) in [5.41, 5.74) is 3.82. The maximum Gasteiger partial charge on any atom is 0.319 e. The minimum absolute atomic E-state index is 0.0552. The van der Waals surface area contributed by atoms with Gasteiger partial charge >= 0.3 is 6.03 Å². The van der Waals surface area contributed by atoms with Crippen molar-refractivity contribution < 1.29 is 23.6 Å². The zero-order valence-corrected chi connectivity index (χ0v) is 23.9. The minimum atomic E-state index is -2.03. The summed E-state index contributed by atoms with van der Waals surface area (Å²) < 4.78 is 6.46. The summed E-state index contributed by atoms with van der Waals surface area (Å²) in [6.45, 7) is 13.5. The Kier molecular flexibility index (Phi) is 7.38. The van der Waals surface area contributed by atoms with E-state index in [1.165, 1.54) is 4.90 Å². The molecule has 0 saturated carbocycles. The summed E-state index contributed by atoms with van der Waals surface area (Å²) in [7, 11) is -2.03. The molecular weight excluding hydrogens is 500 g/mol. The van der Waals surface area contributed by atoms with Crippen LogP contribution >= 0.6 is 0 Å². The predicted molar refractivity (Wildman–Crippen MR) is 147 cm³/mol. The third kappa shape index (κ3) is 5.75. The smallest absolute Gasteiger partial charge is 0.319 e. The third-order valence-electron chi connectivity index (χ3n) is 7.66. The van der Waals surface area contributed by atoms with E-state index in [0.29, 0.717) is 24.2 Å². The number of benzene rings is 2. The molecule has 3 N–H and O–H groups in total. The topological polar surface area (TPSA) is 117 Å². The number of rotatable bonds is 6. The molecule has 0 radical (unpaired) electrons. The first-order valence-corrected chi connectivity index (χ1v) is 15.8. The van der Waals surface area contributed by atoms with Gasteiger partial charge in [0.25, 0.3) is 5.91 Å². The van der Waals surface area contributed by atoms with Gasteiger partial charge in [-0.25, -0.2) is 4.79 Å². The second-order valence-electron chi connectivity index (χ2n) is 11.5. The molecule has 0 spiro atoms. The van der Waals surface area contributed by atoms with Crippen LogP contribution in [-0.4, -0.2) is 43.0 Å². The highest BCUT2D eigenvalue weighted by atomic mass is 28.4. The molecule has 38 heavy (non-hydrogen) atoms. The molecule has 2 aromatic carbocycles. The lowest BCUT2D eigenvalue weighted by molar-refractivity contribution is -0.136. The number of carbonyl (C=O) groups excluding carboxylic acids is 4. The molecule has 0 aliphatic carbocycles. The fourth-order valence-electron chi connectivity index (χ4n) is 4.31. The quantitative estimate of drug-likeness (QED) is 0.372. The fourth-order valence-corrected chi connectivity index (χ4v) is 5.39. The number of nitrogens with one attached hydrogen (secondary N) is 3. The van der Waals surface area contributed by atoms with Crippen LogP contribution in [0, 0.1) is 6.92 Å². The van der Waals surface area contributed by atoms with Gasteiger partial charge in [0.2, 0.25) is 20.1 Å². The van der Waals surface area contributed by atoms with Gasteiger partial charge in [0.15, 0.2) is 0 Å². The number of amides is 5. The largest absolute Gasteiger partial charge is 0.543 e. The van der Waals surface area contributed by atoms with E-state index in [9.17, 15) is 19.2 Å². The Labute approximate surface area is 224 Å². The molecular formula is C28H36N4O5Si. The van der Waals surface area contributed by atoms with Crippen LogP contribution in [0.2, 0.25) is 18.1 Å². The van der Waals surface area contributed by atoms with E-state index in [-0.39, 0.29) is 35.8 Å². The highest BCUT2D eigenvalue weighted by Gasteiger charge is 2.40. The van der Waals surface area contributed by atoms with Gasteiger partial charge in [0.1, 0.15) is 11.8 Å². The van der Waals surface area contributed by atoms with Crippen molar-refractivity contribution in [3.8, 4) is 5.75 Å². The van der Waals surface area contributed by atoms with Gasteiger partial charge in [-0.15, -0.1) is 0 Å². The number of hydrogen-bond acceptors (Lipinski definition) is 5. The number of aryl methyl sites for hydroxylation is 1. The van der Waals surface area contributed by atoms with Crippen LogP contribution in [0.1, 0.15) is 60.7 Å². The van der Waals surface area contributed by atoms with Crippen molar-refractivity contribution >= 4 is 37.8 Å². The zero-order chi connectivity index (χ0) is 27.8. The summed E-state index contributed by atoms with van der Waals surface area (Å²) >= 11 is 0. The first-order valence-electron chi connectivity index (χ1n) is 12.9. The highest BCUT2D eigenvalue weighted by molar-refractivity contribution is 6.74. The highest BCUT2D eigenvalue weighted by Crippen LogP contribution is 2.38. The third-order valence-corrected chi connectivity index (χ3v) is 12.0. The summed E-state index contributed by atoms with van der Waals surface area (Å²) in [4.78, 5) is 50.7. The molecule has 5 amide bonds. The Bertz CT molecular complexity index is 1300. The van der Waals surface area contributed by atoms with Crippen molar-refractivity contribution in [3.63, 3.8) is 0 Å². The lowest BCUT2D eigenvalue weighted by atomic mass is 10.0. The van der Waals surface area contributed by atoms with Crippen LogP contribution in [0.3, 0.4) is 0 Å². The Morgan fingerprint density at radius 1 is 1.13 bits per heavy atom. The van der Waals surface area contributed by atoms with E-state index < -0.39 is 20.3 Å². The Morgan fingerprint density at radius 2 is 1.87 bits per heavy atom. The second-order valence-corrected chi connectivity index (χ2v) is 16.3. The molecule has 2 aliphatic heterocycles. The van der Waals surface area contributed by atoms with E-state index in [1.54, 1.807) is 12.1 Å². The Morgan fingerprint density at radius 3 is 2.55 bits per heavy atom. The van der Waals surface area contributed by atoms with E-state index >= 15 is 0 Å². The van der Waals surface area contributed by atoms with Crippen LogP contribution < -0.4 is 20.4 Å². The number of carbonyl (C=O) groups is 4. The van der Waals surface area contributed by atoms with Gasteiger partial charge in [-0.05, 0) is 60.3 Å². The average molecular weight is 537 g/mol. The molecule has 4 rings (SSSR count). The summed E-state index contributed by atoms with van der Waals surface area (Å²) in [6, 6.07) is 10.0. The number of anilines is 1. The van der Waals surface area contributed by atoms with Crippen LogP contribution in [-0.2, 0) is 22.7 Å². The standard InChI is InChI=1S/C28H36N4O5Si/c1-17-7-9-20(14-23(17)37-38(5,6)28(2,3)4)30-27(36)29-15-18-8-10-21-19(13-18)16-32(26(21)35)22-11-12-24(33)31-25(22)34/h7-10,13-14,22H,11-12,15-16H2,1-6H3,(H2,29,30,36)(H,31,33,34). The first kappa shape index (κ1) is 27.4. The fraction of sp³-hybridized carbons (Fsp3) is 0.429. The Balaban J connectivity index is 1.37. The van der Waals surface area contributed by atoms with E-state index in [2.05, 4.69) is 49.8 Å². The normalized spacial score (nSPS) is 17.7. The number of imide groups is 1. The lowest BCUT2D eigenvalue weighted by Crippen LogP contribution is -2.52. The van der Waals surface area contributed by atoms with Crippen molar-refractivity contribution in [1.29, 1.82) is 0 Å². The van der Waals surface area contributed by atoms with Gasteiger partial charge in [0.05, 0.1) is 0 Å². The van der Waals surface area contributed by atoms with E-state index in [0.717, 1.165) is 22.4 Å². The zero-order valence-electron chi connectivity index (χ0n) is 22.9. The maximum atomic E-state index is 12.9. The van der Waals surface area contributed by atoms with Gasteiger partial charge in [-0.1, -0.05) is 39.0 Å². The van der Waals surface area contributed by atoms with Crippen molar-refractivity contribution in [2.75, 3.05) is 5.32 Å². The van der Waals surface area contributed by atoms with Gasteiger partial charge in [-0.3, -0.25) is 19.7 Å². The van der Waals surface area contributed by atoms with Crippen molar-refractivity contribution in [1.82, 2.24) is 15.5 Å². The summed E-state index contributed by atoms with van der Waals surface area (Å²) in [6.07, 6.45) is 0.534. The van der Waals surface area contributed by atoms with E-state index in [4.69, 9.17) is 4.43 Å². The number of fused-ring (bicyclic) bond motifs is 1. The second kappa shape index (κ2) is 10.2.